The van der Waals surface area contributed by atoms with E-state index in [1.54, 1.807) is 28.6 Å². The van der Waals surface area contributed by atoms with E-state index in [2.05, 4.69) is 22.6 Å². The summed E-state index contributed by atoms with van der Waals surface area (Å²) in [6, 6.07) is 6.05. The van der Waals surface area contributed by atoms with Crippen LogP contribution in [-0.4, -0.2) is 63.9 Å². The van der Waals surface area contributed by atoms with Gasteiger partial charge >= 0.3 is 6.03 Å². The van der Waals surface area contributed by atoms with Gasteiger partial charge in [0.05, 0.1) is 4.90 Å². The van der Waals surface area contributed by atoms with Crippen molar-refractivity contribution in [1.82, 2.24) is 14.5 Å². The van der Waals surface area contributed by atoms with E-state index in [1.807, 2.05) is 0 Å². The molecule has 150 valence electrons. The number of hydrogen-bond donors (Lipinski definition) is 2. The number of nitrogens with one attached hydrogen (secondary N) is 2. The topological polar surface area (TPSA) is 81.8 Å². The predicted molar refractivity (Wildman–Crippen MR) is 106 cm³/mol. The number of urea groups is 1. The summed E-state index contributed by atoms with van der Waals surface area (Å²) < 4.78 is 27.8. The lowest BCUT2D eigenvalue weighted by atomic mass is 9.73. The van der Waals surface area contributed by atoms with Crippen LogP contribution in [0.25, 0.3) is 0 Å². The van der Waals surface area contributed by atoms with Crippen LogP contribution in [0.3, 0.4) is 0 Å². The van der Waals surface area contributed by atoms with Gasteiger partial charge in [-0.3, -0.25) is 0 Å². The zero-order valence-electron chi connectivity index (χ0n) is 16.2. The molecule has 2 amide bonds. The summed E-state index contributed by atoms with van der Waals surface area (Å²) in [6.45, 7) is 3.38. The minimum Gasteiger partial charge on any atom is -0.341 e. The lowest BCUT2D eigenvalue weighted by molar-refractivity contribution is 0.107. The molecule has 1 aromatic rings. The molecule has 0 radical (unpaired) electrons. The normalized spacial score (nSPS) is 21.6. The third-order valence-electron chi connectivity index (χ3n) is 6.03. The molecule has 0 saturated carbocycles. The molecule has 2 fully saturated rings. The zero-order valence-corrected chi connectivity index (χ0v) is 17.0. The maximum Gasteiger partial charge on any atom is 0.318 e. The largest absolute Gasteiger partial charge is 0.341 e. The Morgan fingerprint density at radius 2 is 1.63 bits per heavy atom. The fraction of sp³-hybridized carbons (Fsp3) is 0.632. The second-order valence-corrected chi connectivity index (χ2v) is 9.73. The highest BCUT2D eigenvalue weighted by molar-refractivity contribution is 7.89. The number of sulfonamides is 1. The molecule has 8 heteroatoms. The number of carbonyl (C=O) groups is 1. The van der Waals surface area contributed by atoms with Gasteiger partial charge in [-0.05, 0) is 81.9 Å². The molecule has 2 aliphatic rings. The Bertz CT molecular complexity index is 756. The van der Waals surface area contributed by atoms with Crippen molar-refractivity contribution in [2.24, 2.45) is 5.41 Å². The van der Waals surface area contributed by atoms with Crippen LogP contribution in [0.1, 0.15) is 32.1 Å². The first kappa shape index (κ1) is 20.1. The molecular weight excluding hydrogens is 364 g/mol. The van der Waals surface area contributed by atoms with E-state index >= 15 is 0 Å². The van der Waals surface area contributed by atoms with E-state index < -0.39 is 10.0 Å². The molecule has 2 N–H and O–H groups in total. The van der Waals surface area contributed by atoms with Crippen molar-refractivity contribution >= 4 is 21.7 Å². The number of piperidine rings is 1. The van der Waals surface area contributed by atoms with Crippen LogP contribution in [-0.2, 0) is 10.0 Å². The van der Waals surface area contributed by atoms with Gasteiger partial charge in [0.1, 0.15) is 0 Å². The van der Waals surface area contributed by atoms with Crippen LogP contribution >= 0.6 is 0 Å². The lowest BCUT2D eigenvalue weighted by Crippen LogP contribution is -2.39. The average molecular weight is 395 g/mol. The standard InChI is InChI=1S/C19H30N4O3S/c1-20-18(24)21-16-4-6-17(7-5-16)27(25,26)23-12-3-8-19(11-15-23)9-13-22(2)14-10-19/h4-7H,3,8-15H2,1-2H3,(H2,20,21,24). The number of amides is 2. The van der Waals surface area contributed by atoms with Crippen LogP contribution in [0.5, 0.6) is 0 Å². The Morgan fingerprint density at radius 3 is 2.26 bits per heavy atom. The number of hydrogen-bond acceptors (Lipinski definition) is 4. The molecule has 0 aliphatic carbocycles. The van der Waals surface area contributed by atoms with Crippen LogP contribution in [0, 0.1) is 5.41 Å². The van der Waals surface area contributed by atoms with Gasteiger partial charge in [0.15, 0.2) is 0 Å². The Balaban J connectivity index is 1.68. The lowest BCUT2D eigenvalue weighted by Gasteiger charge is -2.40. The summed E-state index contributed by atoms with van der Waals surface area (Å²) >= 11 is 0. The highest BCUT2D eigenvalue weighted by Crippen LogP contribution is 2.41. The molecule has 7 nitrogen and oxygen atoms in total. The van der Waals surface area contributed by atoms with Crippen LogP contribution in [0.4, 0.5) is 10.5 Å². The molecular formula is C19H30N4O3S. The summed E-state index contributed by atoms with van der Waals surface area (Å²) in [6.07, 6.45) is 5.30. The molecule has 2 aliphatic heterocycles. The van der Waals surface area contributed by atoms with Gasteiger partial charge < -0.3 is 15.5 Å². The van der Waals surface area contributed by atoms with E-state index in [-0.39, 0.29) is 10.9 Å². The van der Waals surface area contributed by atoms with Crippen molar-refractivity contribution < 1.29 is 13.2 Å². The van der Waals surface area contributed by atoms with Crippen molar-refractivity contribution in [2.45, 2.75) is 37.0 Å². The van der Waals surface area contributed by atoms with Crippen molar-refractivity contribution in [3.05, 3.63) is 24.3 Å². The molecule has 27 heavy (non-hydrogen) atoms. The maximum atomic E-state index is 13.1. The van der Waals surface area contributed by atoms with Gasteiger partial charge in [-0.25, -0.2) is 13.2 Å². The maximum absolute atomic E-state index is 13.1. The first-order valence-electron chi connectivity index (χ1n) is 9.62. The molecule has 0 atom stereocenters. The third-order valence-corrected chi connectivity index (χ3v) is 7.94. The van der Waals surface area contributed by atoms with Crippen molar-refractivity contribution in [1.29, 1.82) is 0 Å². The fourth-order valence-electron chi connectivity index (χ4n) is 4.12. The Kier molecular flexibility index (Phi) is 6.08. The average Bonchev–Trinajstić information content (AvgIpc) is 2.88. The van der Waals surface area contributed by atoms with Crippen LogP contribution < -0.4 is 10.6 Å². The second-order valence-electron chi connectivity index (χ2n) is 7.79. The van der Waals surface area contributed by atoms with Gasteiger partial charge in [0.2, 0.25) is 10.0 Å². The summed E-state index contributed by atoms with van der Waals surface area (Å²) in [5, 5.41) is 5.11. The van der Waals surface area contributed by atoms with Gasteiger partial charge in [-0.1, -0.05) is 0 Å². The van der Waals surface area contributed by atoms with Gasteiger partial charge in [0.25, 0.3) is 0 Å². The first-order chi connectivity index (χ1) is 12.8. The van der Waals surface area contributed by atoms with Crippen molar-refractivity contribution in [3.8, 4) is 0 Å². The molecule has 2 heterocycles. The van der Waals surface area contributed by atoms with E-state index in [9.17, 15) is 13.2 Å². The van der Waals surface area contributed by atoms with Crippen molar-refractivity contribution in [2.75, 3.05) is 45.6 Å². The number of benzene rings is 1. The van der Waals surface area contributed by atoms with E-state index in [0.717, 1.165) is 45.2 Å². The highest BCUT2D eigenvalue weighted by atomic mass is 32.2. The van der Waals surface area contributed by atoms with Gasteiger partial charge in [-0.2, -0.15) is 4.31 Å². The zero-order chi connectivity index (χ0) is 19.5. The molecule has 0 aromatic heterocycles. The summed E-state index contributed by atoms with van der Waals surface area (Å²) in [5.41, 5.74) is 0.868. The van der Waals surface area contributed by atoms with E-state index in [4.69, 9.17) is 0 Å². The van der Waals surface area contributed by atoms with Crippen LogP contribution in [0.15, 0.2) is 29.2 Å². The number of nitrogens with zero attached hydrogens (tertiary/aromatic N) is 2. The number of likely N-dealkylation sites (tertiary alicyclic amines) is 1. The Morgan fingerprint density at radius 1 is 1.00 bits per heavy atom. The molecule has 0 unspecified atom stereocenters. The second kappa shape index (κ2) is 8.16. The summed E-state index contributed by atoms with van der Waals surface area (Å²) in [5.74, 6) is 0. The van der Waals surface area contributed by atoms with Crippen LogP contribution in [0.2, 0.25) is 0 Å². The Labute approximate surface area is 162 Å². The molecule has 2 saturated heterocycles. The smallest absolute Gasteiger partial charge is 0.318 e. The van der Waals surface area contributed by atoms with E-state index in [1.165, 1.54) is 7.05 Å². The summed E-state index contributed by atoms with van der Waals surface area (Å²) in [7, 11) is 0.180. The van der Waals surface area contributed by atoms with Gasteiger partial charge in [0, 0.05) is 25.8 Å². The molecule has 0 bridgehead atoms. The minimum atomic E-state index is -3.51. The number of rotatable bonds is 3. The molecule has 1 aromatic carbocycles. The predicted octanol–water partition coefficient (Wildman–Crippen LogP) is 2.32. The molecule has 1 spiro atoms. The van der Waals surface area contributed by atoms with Gasteiger partial charge in [-0.15, -0.1) is 0 Å². The monoisotopic (exact) mass is 394 g/mol. The van der Waals surface area contributed by atoms with Crippen molar-refractivity contribution in [3.63, 3.8) is 0 Å². The highest BCUT2D eigenvalue weighted by Gasteiger charge is 2.37. The Hall–Kier alpha value is -1.64. The minimum absolute atomic E-state index is 0.282. The third kappa shape index (κ3) is 4.62. The first-order valence-corrected chi connectivity index (χ1v) is 11.1. The number of carbonyl (C=O) groups excluding carboxylic acids is 1. The fourth-order valence-corrected chi connectivity index (χ4v) is 5.59. The molecule has 3 rings (SSSR count). The summed E-state index contributed by atoms with van der Waals surface area (Å²) in [4.78, 5) is 14.0. The van der Waals surface area contributed by atoms with E-state index in [0.29, 0.717) is 24.2 Å². The number of anilines is 1. The quantitative estimate of drug-likeness (QED) is 0.824. The SMILES string of the molecule is CNC(=O)Nc1ccc(S(=O)(=O)N2CCCC3(CCN(C)CC3)CC2)cc1.